The maximum atomic E-state index is 13.5. The summed E-state index contributed by atoms with van der Waals surface area (Å²) in [5.41, 5.74) is -0.308. The van der Waals surface area contributed by atoms with Crippen LogP contribution in [0.4, 0.5) is 8.78 Å². The van der Waals surface area contributed by atoms with Gasteiger partial charge in [-0.3, -0.25) is 0 Å². The zero-order valence-corrected chi connectivity index (χ0v) is 9.93. The van der Waals surface area contributed by atoms with Crippen molar-refractivity contribution >= 4 is 0 Å². The molecule has 2 nitrogen and oxygen atoms in total. The Morgan fingerprint density at radius 2 is 2.12 bits per heavy atom. The predicted octanol–water partition coefficient (Wildman–Crippen LogP) is 2.88. The van der Waals surface area contributed by atoms with Crippen LogP contribution in [0.5, 0.6) is 5.75 Å². The molecule has 0 atom stereocenters. The molecule has 1 aliphatic carbocycles. The number of benzene rings is 1. The van der Waals surface area contributed by atoms with E-state index in [2.05, 4.69) is 5.32 Å². The summed E-state index contributed by atoms with van der Waals surface area (Å²) in [5.74, 6) is -1.71. The number of hydrogen-bond acceptors (Lipinski definition) is 2. The molecule has 1 aromatic carbocycles. The molecule has 1 saturated carbocycles. The number of hydrogen-bond donors (Lipinski definition) is 1. The van der Waals surface area contributed by atoms with Crippen molar-refractivity contribution in [1.29, 1.82) is 0 Å². The topological polar surface area (TPSA) is 21.3 Å². The average Bonchev–Trinajstić information content (AvgIpc) is 2.28. The minimum absolute atomic E-state index is 0.0285. The zero-order chi connectivity index (χ0) is 12.3. The molecular formula is C13H17F2NO. The number of halogens is 2. The number of nitrogens with one attached hydrogen (secondary N) is 1. The molecule has 0 heterocycles. The Morgan fingerprint density at radius 1 is 1.35 bits per heavy atom. The Hall–Kier alpha value is -1.16. The Morgan fingerprint density at radius 3 is 2.71 bits per heavy atom. The van der Waals surface area contributed by atoms with Gasteiger partial charge in [0.1, 0.15) is 5.60 Å². The minimum Gasteiger partial charge on any atom is -0.484 e. The highest BCUT2D eigenvalue weighted by Gasteiger charge is 2.39. The van der Waals surface area contributed by atoms with Gasteiger partial charge in [-0.05, 0) is 51.4 Å². The van der Waals surface area contributed by atoms with E-state index in [1.165, 1.54) is 12.1 Å². The van der Waals surface area contributed by atoms with Gasteiger partial charge in [-0.25, -0.2) is 4.39 Å². The summed E-state index contributed by atoms with van der Waals surface area (Å²) < 4.78 is 32.3. The van der Waals surface area contributed by atoms with Crippen LogP contribution in [-0.2, 0) is 0 Å². The van der Waals surface area contributed by atoms with E-state index in [1.54, 1.807) is 0 Å². The van der Waals surface area contributed by atoms with Crippen LogP contribution in [0.25, 0.3) is 0 Å². The van der Waals surface area contributed by atoms with E-state index < -0.39 is 11.6 Å². The van der Waals surface area contributed by atoms with Crippen LogP contribution < -0.4 is 10.1 Å². The Kier molecular flexibility index (Phi) is 3.62. The van der Waals surface area contributed by atoms with Crippen LogP contribution in [0.3, 0.4) is 0 Å². The SMILES string of the molecule is CNCCC1(Oc2cccc(F)c2F)CCC1. The van der Waals surface area contributed by atoms with Crippen LogP contribution in [0, 0.1) is 11.6 Å². The smallest absolute Gasteiger partial charge is 0.200 e. The number of rotatable bonds is 5. The van der Waals surface area contributed by atoms with Crippen molar-refractivity contribution in [3.05, 3.63) is 29.8 Å². The Bertz CT molecular complexity index is 391. The van der Waals surface area contributed by atoms with E-state index in [0.717, 1.165) is 38.3 Å². The average molecular weight is 241 g/mol. The van der Waals surface area contributed by atoms with Gasteiger partial charge in [0.15, 0.2) is 11.6 Å². The van der Waals surface area contributed by atoms with Gasteiger partial charge in [-0.15, -0.1) is 0 Å². The van der Waals surface area contributed by atoms with Gasteiger partial charge >= 0.3 is 0 Å². The summed E-state index contributed by atoms with van der Waals surface area (Å²) in [5, 5.41) is 3.06. The van der Waals surface area contributed by atoms with Crippen molar-refractivity contribution in [2.45, 2.75) is 31.3 Å². The third-order valence-electron chi connectivity index (χ3n) is 3.34. The first kappa shape index (κ1) is 12.3. The molecule has 17 heavy (non-hydrogen) atoms. The molecule has 0 saturated heterocycles. The summed E-state index contributed by atoms with van der Waals surface area (Å²) in [4.78, 5) is 0. The van der Waals surface area contributed by atoms with Gasteiger partial charge in [0, 0.05) is 0 Å². The monoisotopic (exact) mass is 241 g/mol. The summed E-state index contributed by atoms with van der Waals surface area (Å²) in [6.45, 7) is 0.816. The van der Waals surface area contributed by atoms with E-state index in [-0.39, 0.29) is 11.4 Å². The highest BCUT2D eigenvalue weighted by atomic mass is 19.2. The Balaban J connectivity index is 2.10. The quantitative estimate of drug-likeness (QED) is 0.855. The third kappa shape index (κ3) is 2.57. The molecule has 1 fully saturated rings. The van der Waals surface area contributed by atoms with Crippen LogP contribution in [0.15, 0.2) is 18.2 Å². The van der Waals surface area contributed by atoms with Crippen molar-refractivity contribution < 1.29 is 13.5 Å². The first-order chi connectivity index (χ1) is 8.17. The molecule has 4 heteroatoms. The lowest BCUT2D eigenvalue weighted by molar-refractivity contribution is -0.0172. The molecule has 2 rings (SSSR count). The minimum atomic E-state index is -0.886. The highest BCUT2D eigenvalue weighted by molar-refractivity contribution is 5.26. The predicted molar refractivity (Wildman–Crippen MR) is 62.1 cm³/mol. The van der Waals surface area contributed by atoms with Gasteiger partial charge in [-0.2, -0.15) is 4.39 Å². The summed E-state index contributed by atoms with van der Waals surface area (Å²) >= 11 is 0. The van der Waals surface area contributed by atoms with Crippen LogP contribution in [0.1, 0.15) is 25.7 Å². The van der Waals surface area contributed by atoms with E-state index in [0.29, 0.717) is 0 Å². The standard InChI is InChI=1S/C13H17F2NO/c1-16-9-8-13(6-3-7-13)17-11-5-2-4-10(14)12(11)15/h2,4-5,16H,3,6-9H2,1H3. The first-order valence-electron chi connectivity index (χ1n) is 5.94. The largest absolute Gasteiger partial charge is 0.484 e. The molecule has 1 N–H and O–H groups in total. The molecule has 0 radical (unpaired) electrons. The van der Waals surface area contributed by atoms with Gasteiger partial charge in [0.25, 0.3) is 0 Å². The molecule has 0 unspecified atom stereocenters. The maximum absolute atomic E-state index is 13.5. The van der Waals surface area contributed by atoms with Crippen molar-refractivity contribution in [3.63, 3.8) is 0 Å². The van der Waals surface area contributed by atoms with Crippen molar-refractivity contribution in [1.82, 2.24) is 5.32 Å². The van der Waals surface area contributed by atoms with Crippen LogP contribution in [0.2, 0.25) is 0 Å². The third-order valence-corrected chi connectivity index (χ3v) is 3.34. The fraction of sp³-hybridized carbons (Fsp3) is 0.538. The van der Waals surface area contributed by atoms with Gasteiger partial charge in [0.2, 0.25) is 5.82 Å². The highest BCUT2D eigenvalue weighted by Crippen LogP contribution is 2.40. The molecule has 1 aliphatic rings. The maximum Gasteiger partial charge on any atom is 0.200 e. The molecule has 0 spiro atoms. The summed E-state index contributed by atoms with van der Waals surface area (Å²) in [6, 6.07) is 4.05. The van der Waals surface area contributed by atoms with Gasteiger partial charge < -0.3 is 10.1 Å². The molecule has 94 valence electrons. The fourth-order valence-corrected chi connectivity index (χ4v) is 2.12. The zero-order valence-electron chi connectivity index (χ0n) is 9.93. The van der Waals surface area contributed by atoms with Crippen LogP contribution >= 0.6 is 0 Å². The second-order valence-corrected chi connectivity index (χ2v) is 4.54. The van der Waals surface area contributed by atoms with Gasteiger partial charge in [0.05, 0.1) is 0 Å². The van der Waals surface area contributed by atoms with Crippen molar-refractivity contribution in [2.24, 2.45) is 0 Å². The molecule has 0 bridgehead atoms. The van der Waals surface area contributed by atoms with Crippen molar-refractivity contribution in [2.75, 3.05) is 13.6 Å². The van der Waals surface area contributed by atoms with E-state index in [4.69, 9.17) is 4.74 Å². The lowest BCUT2D eigenvalue weighted by Crippen LogP contribution is -2.45. The normalized spacial score (nSPS) is 17.6. The lowest BCUT2D eigenvalue weighted by Gasteiger charge is -2.42. The molecule has 0 aromatic heterocycles. The molecule has 1 aromatic rings. The van der Waals surface area contributed by atoms with Gasteiger partial charge in [-0.1, -0.05) is 6.07 Å². The molecular weight excluding hydrogens is 224 g/mol. The van der Waals surface area contributed by atoms with E-state index in [9.17, 15) is 8.78 Å². The fourth-order valence-electron chi connectivity index (χ4n) is 2.12. The summed E-state index contributed by atoms with van der Waals surface area (Å²) in [7, 11) is 1.87. The molecule has 0 aliphatic heterocycles. The second-order valence-electron chi connectivity index (χ2n) is 4.54. The second kappa shape index (κ2) is 5.00. The Labute approximate surface area is 100.0 Å². The van der Waals surface area contributed by atoms with E-state index in [1.807, 2.05) is 7.05 Å². The first-order valence-corrected chi connectivity index (χ1v) is 5.94. The molecule has 0 amide bonds. The van der Waals surface area contributed by atoms with Crippen LogP contribution in [-0.4, -0.2) is 19.2 Å². The number of ether oxygens (including phenoxy) is 1. The van der Waals surface area contributed by atoms with Crippen molar-refractivity contribution in [3.8, 4) is 5.75 Å². The lowest BCUT2D eigenvalue weighted by atomic mass is 9.77. The van der Waals surface area contributed by atoms with E-state index >= 15 is 0 Å². The summed E-state index contributed by atoms with van der Waals surface area (Å²) in [6.07, 6.45) is 3.72.